The van der Waals surface area contributed by atoms with Gasteiger partial charge >= 0.3 is 0 Å². The average molecular weight is 458 g/mol. The summed E-state index contributed by atoms with van der Waals surface area (Å²) < 4.78 is 14.2. The quantitative estimate of drug-likeness (QED) is 0.487. The number of morpholine rings is 1. The van der Waals surface area contributed by atoms with E-state index in [1.807, 2.05) is 36.0 Å². The van der Waals surface area contributed by atoms with Crippen molar-refractivity contribution < 1.29 is 9.47 Å². The molecule has 2 aliphatic heterocycles. The van der Waals surface area contributed by atoms with Crippen LogP contribution >= 0.6 is 0 Å². The molecule has 2 fully saturated rings. The molecule has 6 heterocycles. The van der Waals surface area contributed by atoms with Gasteiger partial charge in [0.1, 0.15) is 24.0 Å². The third-order valence-corrected chi connectivity index (χ3v) is 6.75. The highest BCUT2D eigenvalue weighted by Gasteiger charge is 2.38. The van der Waals surface area contributed by atoms with Crippen molar-refractivity contribution in [2.45, 2.75) is 38.0 Å². The number of hydrogen-bond acceptors (Lipinski definition) is 8. The first-order valence-electron chi connectivity index (χ1n) is 11.6. The summed E-state index contributed by atoms with van der Waals surface area (Å²) in [5.41, 5.74) is 4.04. The Hall–Kier alpha value is -3.56. The van der Waals surface area contributed by atoms with Crippen molar-refractivity contribution in [1.29, 1.82) is 0 Å². The maximum absolute atomic E-state index is 6.58. The summed E-state index contributed by atoms with van der Waals surface area (Å²) in [6, 6.07) is 10.9. The van der Waals surface area contributed by atoms with E-state index >= 15 is 0 Å². The van der Waals surface area contributed by atoms with Crippen LogP contribution in [0.5, 0.6) is 5.75 Å². The number of ether oxygens (including phenoxy) is 2. The SMILES string of the molecule is Cc1cc(-c2ccn3nc(Nc4ccncn4)cc3c2)c(OC2C[C@H]3COC[C@@H](C2)N3C)cn1. The number of anilines is 2. The topological polar surface area (TPSA) is 89.7 Å². The minimum atomic E-state index is 0.153. The van der Waals surface area contributed by atoms with E-state index in [1.165, 1.54) is 6.33 Å². The predicted molar refractivity (Wildman–Crippen MR) is 128 cm³/mol. The van der Waals surface area contributed by atoms with E-state index in [-0.39, 0.29) is 6.10 Å². The lowest BCUT2D eigenvalue weighted by Crippen LogP contribution is -2.57. The number of nitrogens with one attached hydrogen (secondary N) is 1. The van der Waals surface area contributed by atoms with E-state index in [0.29, 0.717) is 17.9 Å². The number of fused-ring (bicyclic) bond motifs is 3. The number of aromatic nitrogens is 5. The third kappa shape index (κ3) is 4.08. The lowest BCUT2D eigenvalue weighted by atomic mass is 9.92. The number of aryl methyl sites for hydroxylation is 1. The van der Waals surface area contributed by atoms with E-state index in [1.54, 1.807) is 6.20 Å². The van der Waals surface area contributed by atoms with Crippen molar-refractivity contribution in [3.05, 3.63) is 60.9 Å². The van der Waals surface area contributed by atoms with Crippen LogP contribution in [0.2, 0.25) is 0 Å². The highest BCUT2D eigenvalue weighted by atomic mass is 16.5. The van der Waals surface area contributed by atoms with Crippen molar-refractivity contribution >= 4 is 17.2 Å². The van der Waals surface area contributed by atoms with Gasteiger partial charge in [-0.05, 0) is 43.8 Å². The summed E-state index contributed by atoms with van der Waals surface area (Å²) in [6.07, 6.45) is 9.10. The van der Waals surface area contributed by atoms with Gasteiger partial charge in [-0.2, -0.15) is 5.10 Å². The molecule has 0 radical (unpaired) electrons. The van der Waals surface area contributed by atoms with Gasteiger partial charge in [0.2, 0.25) is 0 Å². The Morgan fingerprint density at radius 1 is 1.06 bits per heavy atom. The molecule has 9 heteroatoms. The fourth-order valence-electron chi connectivity index (χ4n) is 4.91. The van der Waals surface area contributed by atoms with Crippen LogP contribution in [0.1, 0.15) is 18.5 Å². The number of hydrogen-bond donors (Lipinski definition) is 1. The van der Waals surface area contributed by atoms with Gasteiger partial charge in [0.25, 0.3) is 0 Å². The number of nitrogens with zero attached hydrogens (tertiary/aromatic N) is 6. The molecule has 9 nitrogen and oxygen atoms in total. The highest BCUT2D eigenvalue weighted by molar-refractivity contribution is 5.75. The lowest BCUT2D eigenvalue weighted by Gasteiger charge is -2.46. The monoisotopic (exact) mass is 457 g/mol. The van der Waals surface area contributed by atoms with E-state index in [9.17, 15) is 0 Å². The molecule has 4 aromatic heterocycles. The Kier molecular flexibility index (Phi) is 5.35. The average Bonchev–Trinajstić information content (AvgIpc) is 3.23. The van der Waals surface area contributed by atoms with Gasteiger partial charge in [0.15, 0.2) is 5.82 Å². The van der Waals surface area contributed by atoms with Crippen LogP contribution in [-0.2, 0) is 4.74 Å². The normalized spacial score (nSPS) is 22.6. The second-order valence-corrected chi connectivity index (χ2v) is 9.08. The van der Waals surface area contributed by atoms with Gasteiger partial charge in [-0.25, -0.2) is 14.5 Å². The predicted octanol–water partition coefficient (Wildman–Crippen LogP) is 3.48. The maximum Gasteiger partial charge on any atom is 0.154 e. The van der Waals surface area contributed by atoms with E-state index < -0.39 is 0 Å². The number of rotatable bonds is 5. The van der Waals surface area contributed by atoms with Crippen LogP contribution in [0.3, 0.4) is 0 Å². The first-order valence-corrected chi connectivity index (χ1v) is 11.6. The van der Waals surface area contributed by atoms with Gasteiger partial charge in [0, 0.05) is 54.6 Å². The number of pyridine rings is 2. The van der Waals surface area contributed by atoms with Crippen molar-refractivity contribution in [2.75, 3.05) is 25.6 Å². The van der Waals surface area contributed by atoms with Crippen LogP contribution < -0.4 is 10.1 Å². The third-order valence-electron chi connectivity index (χ3n) is 6.75. The molecule has 4 aromatic rings. The van der Waals surface area contributed by atoms with Crippen LogP contribution in [0, 0.1) is 6.92 Å². The van der Waals surface area contributed by atoms with E-state index in [4.69, 9.17) is 9.47 Å². The second kappa shape index (κ2) is 8.66. The molecule has 0 aliphatic carbocycles. The number of piperidine rings is 1. The summed E-state index contributed by atoms with van der Waals surface area (Å²) >= 11 is 0. The molecule has 2 bridgehead atoms. The summed E-state index contributed by atoms with van der Waals surface area (Å²) in [7, 11) is 2.20. The Bertz CT molecular complexity index is 1300. The molecule has 0 spiro atoms. The van der Waals surface area contributed by atoms with Crippen molar-refractivity contribution in [3.8, 4) is 16.9 Å². The molecule has 2 aliphatic rings. The molecule has 0 amide bonds. The smallest absolute Gasteiger partial charge is 0.154 e. The van der Waals surface area contributed by atoms with Gasteiger partial charge in [-0.15, -0.1) is 0 Å². The van der Waals surface area contributed by atoms with Crippen molar-refractivity contribution in [2.24, 2.45) is 0 Å². The largest absolute Gasteiger partial charge is 0.488 e. The highest BCUT2D eigenvalue weighted by Crippen LogP contribution is 2.35. The fraction of sp³-hybridized carbons (Fsp3) is 0.360. The van der Waals surface area contributed by atoms with Crippen LogP contribution in [0.15, 0.2) is 55.2 Å². The Labute approximate surface area is 197 Å². The van der Waals surface area contributed by atoms with E-state index in [2.05, 4.69) is 55.5 Å². The summed E-state index contributed by atoms with van der Waals surface area (Å²) in [4.78, 5) is 15.1. The Morgan fingerprint density at radius 2 is 1.91 bits per heavy atom. The second-order valence-electron chi connectivity index (χ2n) is 9.08. The van der Waals surface area contributed by atoms with Crippen LogP contribution in [0.4, 0.5) is 11.6 Å². The minimum Gasteiger partial charge on any atom is -0.488 e. The molecule has 1 N–H and O–H groups in total. The van der Waals surface area contributed by atoms with E-state index in [0.717, 1.165) is 60.0 Å². The Balaban J connectivity index is 1.28. The first kappa shape index (κ1) is 21.0. The van der Waals surface area contributed by atoms with Gasteiger partial charge in [0.05, 0.1) is 24.9 Å². The Morgan fingerprint density at radius 3 is 2.71 bits per heavy atom. The van der Waals surface area contributed by atoms with Crippen LogP contribution in [0.25, 0.3) is 16.6 Å². The lowest BCUT2D eigenvalue weighted by molar-refractivity contribution is -0.0879. The molecule has 3 atom stereocenters. The molecule has 34 heavy (non-hydrogen) atoms. The summed E-state index contributed by atoms with van der Waals surface area (Å²) in [5, 5.41) is 7.82. The molecular formula is C25H27N7O2. The molecule has 1 unspecified atom stereocenters. The van der Waals surface area contributed by atoms with Gasteiger partial charge in [-0.3, -0.25) is 9.88 Å². The molecular weight excluding hydrogens is 430 g/mol. The maximum atomic E-state index is 6.58. The number of likely N-dealkylation sites (N-methyl/N-ethyl adjacent to an activating group) is 1. The van der Waals surface area contributed by atoms with Gasteiger partial charge in [-0.1, -0.05) is 0 Å². The molecule has 2 saturated heterocycles. The molecule has 0 aromatic carbocycles. The molecule has 0 saturated carbocycles. The van der Waals surface area contributed by atoms with Gasteiger partial charge < -0.3 is 14.8 Å². The zero-order chi connectivity index (χ0) is 23.1. The fourth-order valence-corrected chi connectivity index (χ4v) is 4.91. The summed E-state index contributed by atoms with van der Waals surface area (Å²) in [6.45, 7) is 3.55. The van der Waals surface area contributed by atoms with Crippen molar-refractivity contribution in [1.82, 2.24) is 29.5 Å². The zero-order valence-corrected chi connectivity index (χ0v) is 19.3. The molecule has 6 rings (SSSR count). The zero-order valence-electron chi connectivity index (χ0n) is 19.3. The summed E-state index contributed by atoms with van der Waals surface area (Å²) in [5.74, 6) is 2.24. The standard InChI is InChI=1S/C25H27N7O2/c1-16-7-22(23(12-27-16)34-21-9-19-13-33-14-20(10-21)31(19)2)17-4-6-32-18(8-17)11-25(30-32)29-24-3-5-26-15-28-24/h3-8,11-12,15,19-21H,9-10,13-14H2,1-2H3,(H,26,28,29,30)/t19-,20+,21?. The van der Waals surface area contributed by atoms with Crippen LogP contribution in [-0.4, -0.2) is 67.9 Å². The van der Waals surface area contributed by atoms with Crippen molar-refractivity contribution in [3.63, 3.8) is 0 Å². The molecule has 174 valence electrons. The first-order chi connectivity index (χ1) is 16.6. The minimum absolute atomic E-state index is 0.153.